The molecule has 13 heteroatoms. The second-order valence-electron chi connectivity index (χ2n) is 8.28. The van der Waals surface area contributed by atoms with Gasteiger partial charge in [0.05, 0.1) is 12.1 Å². The molecule has 0 fully saturated rings. The maximum Gasteiger partial charge on any atom is 0.573 e. The molecule has 0 aliphatic rings. The number of hydrogen-bond donors (Lipinski definition) is 3. The number of ether oxygens (including phenoxy) is 1. The Hall–Kier alpha value is -4.22. The molecule has 0 saturated carbocycles. The normalized spacial score (nSPS) is 12.2. The summed E-state index contributed by atoms with van der Waals surface area (Å²) >= 11 is 12.2. The average Bonchev–Trinajstić information content (AvgIpc) is 2.87. The van der Waals surface area contributed by atoms with Crippen LogP contribution in [0.5, 0.6) is 5.75 Å². The molecule has 0 aliphatic carbocycles. The number of carboxylic acids is 1. The van der Waals surface area contributed by atoms with Crippen molar-refractivity contribution in [1.29, 1.82) is 0 Å². The molecule has 0 saturated heterocycles. The molecule has 3 rings (SSSR count). The zero-order valence-corrected chi connectivity index (χ0v) is 22.4. The lowest BCUT2D eigenvalue weighted by molar-refractivity contribution is -0.274. The van der Waals surface area contributed by atoms with Gasteiger partial charge in [0.15, 0.2) is 0 Å². The average molecular weight is 595 g/mol. The van der Waals surface area contributed by atoms with Crippen molar-refractivity contribution in [3.05, 3.63) is 94.0 Å². The topological polar surface area (TPSA) is 117 Å². The molecule has 40 heavy (non-hydrogen) atoms. The predicted molar refractivity (Wildman–Crippen MR) is 148 cm³/mol. The fourth-order valence-corrected chi connectivity index (χ4v) is 3.88. The number of benzene rings is 3. The number of carboxylic acid groups (broad SMARTS) is 1. The third kappa shape index (κ3) is 9.21. The zero-order valence-electron chi connectivity index (χ0n) is 20.9. The first-order valence-electron chi connectivity index (χ1n) is 11.5. The van der Waals surface area contributed by atoms with E-state index in [0.29, 0.717) is 32.5 Å². The smallest absolute Gasteiger partial charge is 0.481 e. The Bertz CT molecular complexity index is 1410. The number of amides is 1. The van der Waals surface area contributed by atoms with E-state index in [4.69, 9.17) is 34.0 Å². The number of anilines is 1. The largest absolute Gasteiger partial charge is 0.573 e. The molecule has 0 atom stereocenters. The number of amidine groups is 1. The number of nitrogens with one attached hydrogen (secondary N) is 1. The molecule has 0 aliphatic heterocycles. The van der Waals surface area contributed by atoms with E-state index in [-0.39, 0.29) is 24.5 Å². The lowest BCUT2D eigenvalue weighted by atomic mass is 10.1. The molecule has 3 aromatic rings. The van der Waals surface area contributed by atoms with Crippen molar-refractivity contribution < 1.29 is 32.6 Å². The lowest BCUT2D eigenvalue weighted by Crippen LogP contribution is -2.27. The zero-order chi connectivity index (χ0) is 29.4. The van der Waals surface area contributed by atoms with Gasteiger partial charge in [-0.05, 0) is 66.7 Å². The maximum atomic E-state index is 12.5. The number of alkyl halides is 3. The van der Waals surface area contributed by atoms with Gasteiger partial charge in [0, 0.05) is 52.2 Å². The molecule has 0 aromatic heterocycles. The summed E-state index contributed by atoms with van der Waals surface area (Å²) in [5.74, 6) is -1.58. The summed E-state index contributed by atoms with van der Waals surface area (Å²) in [4.78, 5) is 29.1. The molecule has 0 spiro atoms. The van der Waals surface area contributed by atoms with Crippen molar-refractivity contribution in [1.82, 2.24) is 5.32 Å². The van der Waals surface area contributed by atoms with E-state index in [1.807, 2.05) is 0 Å². The molecule has 0 unspecified atom stereocenters. The van der Waals surface area contributed by atoms with Gasteiger partial charge in [-0.15, -0.1) is 13.2 Å². The highest BCUT2D eigenvalue weighted by Crippen LogP contribution is 2.27. The van der Waals surface area contributed by atoms with Crippen LogP contribution in [0.25, 0.3) is 5.70 Å². The summed E-state index contributed by atoms with van der Waals surface area (Å²) in [6, 6.07) is 16.1. The Morgan fingerprint density at radius 2 is 1.62 bits per heavy atom. The van der Waals surface area contributed by atoms with Gasteiger partial charge >= 0.3 is 12.3 Å². The van der Waals surface area contributed by atoms with E-state index in [0.717, 1.165) is 12.1 Å². The van der Waals surface area contributed by atoms with Crippen LogP contribution in [-0.4, -0.2) is 42.8 Å². The molecular weight excluding hydrogens is 572 g/mol. The maximum absolute atomic E-state index is 12.5. The number of carbonyl (C=O) groups is 2. The SMILES string of the molecule is CN(C(C=C(N)c1cc(Cl)cc(Cl)c1)=Nc1ccc(OC(F)(F)F)cc1)c1ccc(C(=O)NCCC(=O)O)cc1. The number of nitrogens with two attached hydrogens (primary N) is 1. The van der Waals surface area contributed by atoms with Crippen molar-refractivity contribution in [3.8, 4) is 5.75 Å². The molecule has 4 N–H and O–H groups in total. The van der Waals surface area contributed by atoms with Crippen molar-refractivity contribution in [2.24, 2.45) is 10.7 Å². The third-order valence-corrected chi connectivity index (χ3v) is 5.72. The van der Waals surface area contributed by atoms with Gasteiger partial charge in [-0.2, -0.15) is 0 Å². The number of aliphatic carboxylic acids is 1. The van der Waals surface area contributed by atoms with Gasteiger partial charge in [-0.3, -0.25) is 9.59 Å². The number of likely N-dealkylation sites (N-methyl/N-ethyl adjacent to an activating group) is 1. The van der Waals surface area contributed by atoms with Crippen molar-refractivity contribution >= 4 is 58.0 Å². The molecule has 1 amide bonds. The molecule has 210 valence electrons. The van der Waals surface area contributed by atoms with E-state index in [9.17, 15) is 22.8 Å². The van der Waals surface area contributed by atoms with Crippen LogP contribution in [0, 0.1) is 0 Å². The van der Waals surface area contributed by atoms with E-state index in [1.165, 1.54) is 18.2 Å². The van der Waals surface area contributed by atoms with Crippen LogP contribution in [0.3, 0.4) is 0 Å². The number of rotatable bonds is 9. The van der Waals surface area contributed by atoms with Crippen molar-refractivity contribution in [2.75, 3.05) is 18.5 Å². The standard InChI is InChI=1S/C27H23Cl2F3N4O4/c1-36(21-6-2-16(3-7-21)26(39)34-11-10-25(37)38)24(15-23(33)17-12-18(28)14-19(29)13-17)35-20-4-8-22(9-5-20)40-27(30,31)32/h2-9,12-15H,10-11,33H2,1H3,(H,34,39)(H,37,38). The van der Waals surface area contributed by atoms with Gasteiger partial charge in [-0.25, -0.2) is 4.99 Å². The molecular formula is C27H23Cl2F3N4O4. The van der Waals surface area contributed by atoms with E-state index >= 15 is 0 Å². The minimum Gasteiger partial charge on any atom is -0.481 e. The Kier molecular flexibility index (Phi) is 10.0. The van der Waals surface area contributed by atoms with Gasteiger partial charge in [0.1, 0.15) is 11.6 Å². The Balaban J connectivity index is 1.94. The molecule has 0 bridgehead atoms. The van der Waals surface area contributed by atoms with Gasteiger partial charge < -0.3 is 25.8 Å². The molecule has 3 aromatic carbocycles. The number of nitrogens with zero attached hydrogens (tertiary/aromatic N) is 2. The summed E-state index contributed by atoms with van der Waals surface area (Å²) < 4.78 is 41.5. The van der Waals surface area contributed by atoms with Gasteiger partial charge in [0.2, 0.25) is 0 Å². The van der Waals surface area contributed by atoms with Gasteiger partial charge in [-0.1, -0.05) is 23.2 Å². The van der Waals surface area contributed by atoms with Crippen molar-refractivity contribution in [2.45, 2.75) is 12.8 Å². The van der Waals surface area contributed by atoms with Gasteiger partial charge in [0.25, 0.3) is 5.91 Å². The summed E-state index contributed by atoms with van der Waals surface area (Å²) in [5, 5.41) is 12.0. The summed E-state index contributed by atoms with van der Waals surface area (Å²) in [7, 11) is 1.68. The highest BCUT2D eigenvalue weighted by molar-refractivity contribution is 6.35. The molecule has 0 radical (unpaired) electrons. The Labute approximate surface area is 237 Å². The Morgan fingerprint density at radius 1 is 1.02 bits per heavy atom. The highest BCUT2D eigenvalue weighted by atomic mass is 35.5. The number of aliphatic imine (C=N–C) groups is 1. The second kappa shape index (κ2) is 13.2. The van der Waals surface area contributed by atoms with Crippen LogP contribution in [0.15, 0.2) is 77.8 Å². The van der Waals surface area contributed by atoms with Crippen LogP contribution in [0.1, 0.15) is 22.3 Å². The third-order valence-electron chi connectivity index (χ3n) is 5.28. The second-order valence-corrected chi connectivity index (χ2v) is 9.15. The summed E-state index contributed by atoms with van der Waals surface area (Å²) in [5.41, 5.74) is 8.29. The van der Waals surface area contributed by atoms with Crippen molar-refractivity contribution in [3.63, 3.8) is 0 Å². The molecule has 0 heterocycles. The number of carbonyl (C=O) groups excluding carboxylic acids is 1. The predicted octanol–water partition coefficient (Wildman–Crippen LogP) is 6.26. The van der Waals surface area contributed by atoms with E-state index in [2.05, 4.69) is 15.0 Å². The van der Waals surface area contributed by atoms with Crippen LogP contribution in [0.4, 0.5) is 24.5 Å². The van der Waals surface area contributed by atoms with Crippen LogP contribution in [-0.2, 0) is 4.79 Å². The first-order chi connectivity index (χ1) is 18.8. The van der Waals surface area contributed by atoms with Crippen LogP contribution >= 0.6 is 23.2 Å². The Morgan fingerprint density at radius 3 is 2.17 bits per heavy atom. The fraction of sp³-hybridized carbons (Fsp3) is 0.148. The number of halogens is 5. The first kappa shape index (κ1) is 30.3. The van der Waals surface area contributed by atoms with E-state index < -0.39 is 24.0 Å². The van der Waals surface area contributed by atoms with Crippen LogP contribution in [0.2, 0.25) is 10.0 Å². The van der Waals surface area contributed by atoms with Crippen LogP contribution < -0.4 is 20.7 Å². The minimum absolute atomic E-state index is 0.0168. The minimum atomic E-state index is -4.83. The summed E-state index contributed by atoms with van der Waals surface area (Å²) in [6.07, 6.45) is -3.50. The monoisotopic (exact) mass is 594 g/mol. The fourth-order valence-electron chi connectivity index (χ4n) is 3.36. The molecule has 8 nitrogen and oxygen atoms in total. The highest BCUT2D eigenvalue weighted by Gasteiger charge is 2.31. The lowest BCUT2D eigenvalue weighted by Gasteiger charge is -2.21. The summed E-state index contributed by atoms with van der Waals surface area (Å²) in [6.45, 7) is -0.0168. The van der Waals surface area contributed by atoms with E-state index in [1.54, 1.807) is 54.4 Å². The quantitative estimate of drug-likeness (QED) is 0.199. The number of hydrogen-bond acceptors (Lipinski definition) is 5. The first-order valence-corrected chi connectivity index (χ1v) is 12.3.